The third-order valence-corrected chi connectivity index (χ3v) is 4.87. The van der Waals surface area contributed by atoms with Crippen LogP contribution in [0.25, 0.3) is 11.0 Å². The quantitative estimate of drug-likeness (QED) is 0.776. The number of fused-ring (bicyclic) bond motifs is 1. The molecular weight excluding hydrogens is 336 g/mol. The maximum absolute atomic E-state index is 12.3. The number of carbonyl (C=O) groups excluding carboxylic acids is 1. The molecule has 0 radical (unpaired) electrons. The lowest BCUT2D eigenvalue weighted by Crippen LogP contribution is -2.41. The van der Waals surface area contributed by atoms with Crippen LogP contribution in [0.3, 0.4) is 0 Å². The summed E-state index contributed by atoms with van der Waals surface area (Å²) in [5, 5.41) is 13.4. The summed E-state index contributed by atoms with van der Waals surface area (Å²) in [6, 6.07) is 3.27. The van der Waals surface area contributed by atoms with E-state index < -0.39 is 5.63 Å². The van der Waals surface area contributed by atoms with E-state index in [1.54, 1.807) is 26.0 Å². The number of ether oxygens (including phenoxy) is 1. The van der Waals surface area contributed by atoms with Crippen molar-refractivity contribution in [3.05, 3.63) is 39.2 Å². The Morgan fingerprint density at radius 3 is 2.69 bits per heavy atom. The van der Waals surface area contributed by atoms with Crippen LogP contribution in [0, 0.1) is 13.8 Å². The van der Waals surface area contributed by atoms with Gasteiger partial charge in [0, 0.05) is 37.1 Å². The summed E-state index contributed by atoms with van der Waals surface area (Å²) in [6.07, 6.45) is -0.0207. The fourth-order valence-corrected chi connectivity index (χ4v) is 3.18. The Bertz CT molecular complexity index is 868. The molecule has 0 spiro atoms. The third kappa shape index (κ3) is 3.89. The van der Waals surface area contributed by atoms with Gasteiger partial charge in [0.1, 0.15) is 11.3 Å². The Hall–Kier alpha value is -2.38. The van der Waals surface area contributed by atoms with Gasteiger partial charge in [-0.3, -0.25) is 9.69 Å². The standard InChI is InChI=1S/C19H24N2O5/c1-12-14-3-4-16(22)13(2)18(14)26-19(24)15(12)11-17(23)20-5-6-21-7-9-25-10-8-21/h3-4,22H,5-11H2,1-2H3,(H,20,23). The van der Waals surface area contributed by atoms with Crippen LogP contribution in [-0.4, -0.2) is 55.3 Å². The lowest BCUT2D eigenvalue weighted by molar-refractivity contribution is -0.120. The number of nitrogens with one attached hydrogen (secondary N) is 1. The number of rotatable bonds is 5. The van der Waals surface area contributed by atoms with E-state index in [9.17, 15) is 14.7 Å². The molecule has 1 aromatic carbocycles. The number of aryl methyl sites for hydroxylation is 2. The van der Waals surface area contributed by atoms with Crippen LogP contribution in [0.4, 0.5) is 0 Å². The fourth-order valence-electron chi connectivity index (χ4n) is 3.18. The van der Waals surface area contributed by atoms with Crippen LogP contribution < -0.4 is 10.9 Å². The summed E-state index contributed by atoms with van der Waals surface area (Å²) in [6.45, 7) is 7.97. The van der Waals surface area contributed by atoms with E-state index in [0.29, 0.717) is 28.8 Å². The van der Waals surface area contributed by atoms with Crippen molar-refractivity contribution in [1.82, 2.24) is 10.2 Å². The number of phenolic OH excluding ortho intramolecular Hbond substituents is 1. The van der Waals surface area contributed by atoms with Gasteiger partial charge in [-0.15, -0.1) is 0 Å². The number of nitrogens with zero attached hydrogens (tertiary/aromatic N) is 1. The lowest BCUT2D eigenvalue weighted by Gasteiger charge is -2.26. The molecule has 2 heterocycles. The van der Waals surface area contributed by atoms with Crippen molar-refractivity contribution >= 4 is 16.9 Å². The molecule has 2 aromatic rings. The molecule has 7 nitrogen and oxygen atoms in total. The van der Waals surface area contributed by atoms with Gasteiger partial charge >= 0.3 is 5.63 Å². The molecule has 0 saturated carbocycles. The number of phenols is 1. The molecular formula is C19H24N2O5. The topological polar surface area (TPSA) is 92.0 Å². The molecule has 7 heteroatoms. The second-order valence-corrected chi connectivity index (χ2v) is 6.56. The van der Waals surface area contributed by atoms with Crippen molar-refractivity contribution in [3.8, 4) is 5.75 Å². The van der Waals surface area contributed by atoms with Crippen molar-refractivity contribution in [2.75, 3.05) is 39.4 Å². The van der Waals surface area contributed by atoms with Gasteiger partial charge in [0.05, 0.1) is 25.2 Å². The van der Waals surface area contributed by atoms with Gasteiger partial charge in [0.15, 0.2) is 0 Å². The van der Waals surface area contributed by atoms with E-state index in [-0.39, 0.29) is 18.1 Å². The van der Waals surface area contributed by atoms with Crippen LogP contribution in [0.2, 0.25) is 0 Å². The first-order valence-corrected chi connectivity index (χ1v) is 8.79. The van der Waals surface area contributed by atoms with Crippen LogP contribution in [0.15, 0.2) is 21.3 Å². The normalized spacial score (nSPS) is 15.3. The first kappa shape index (κ1) is 18.4. The Morgan fingerprint density at radius 1 is 1.23 bits per heavy atom. The molecule has 0 bridgehead atoms. The molecule has 0 atom stereocenters. The van der Waals surface area contributed by atoms with E-state index in [4.69, 9.17) is 9.15 Å². The van der Waals surface area contributed by atoms with Crippen LogP contribution in [0.1, 0.15) is 16.7 Å². The zero-order valence-electron chi connectivity index (χ0n) is 15.1. The monoisotopic (exact) mass is 360 g/mol. The summed E-state index contributed by atoms with van der Waals surface area (Å²) in [5.74, 6) is -0.128. The maximum Gasteiger partial charge on any atom is 0.340 e. The summed E-state index contributed by atoms with van der Waals surface area (Å²) >= 11 is 0. The van der Waals surface area contributed by atoms with Crippen molar-refractivity contribution < 1.29 is 19.1 Å². The van der Waals surface area contributed by atoms with Gasteiger partial charge in [-0.25, -0.2) is 4.79 Å². The predicted octanol–water partition coefficient (Wildman–Crippen LogP) is 1.11. The van der Waals surface area contributed by atoms with Gasteiger partial charge in [0.25, 0.3) is 0 Å². The molecule has 2 N–H and O–H groups in total. The van der Waals surface area contributed by atoms with Crippen molar-refractivity contribution in [1.29, 1.82) is 0 Å². The molecule has 1 amide bonds. The van der Waals surface area contributed by atoms with Gasteiger partial charge in [-0.05, 0) is 31.5 Å². The van der Waals surface area contributed by atoms with Gasteiger partial charge < -0.3 is 19.6 Å². The molecule has 140 valence electrons. The number of morpholine rings is 1. The summed E-state index contributed by atoms with van der Waals surface area (Å²) < 4.78 is 10.7. The van der Waals surface area contributed by atoms with Crippen LogP contribution >= 0.6 is 0 Å². The van der Waals surface area contributed by atoms with E-state index in [1.165, 1.54) is 0 Å². The summed E-state index contributed by atoms with van der Waals surface area (Å²) in [7, 11) is 0. The number of aromatic hydroxyl groups is 1. The molecule has 3 rings (SSSR count). The SMILES string of the molecule is Cc1c(CC(=O)NCCN2CCOCC2)c(=O)oc2c(C)c(O)ccc12. The largest absolute Gasteiger partial charge is 0.508 e. The molecule has 0 aliphatic carbocycles. The Morgan fingerprint density at radius 2 is 1.96 bits per heavy atom. The zero-order chi connectivity index (χ0) is 18.7. The highest BCUT2D eigenvalue weighted by molar-refractivity contribution is 5.87. The molecule has 1 aliphatic heterocycles. The van der Waals surface area contributed by atoms with Gasteiger partial charge in [0.2, 0.25) is 5.91 Å². The van der Waals surface area contributed by atoms with Crippen molar-refractivity contribution in [2.24, 2.45) is 0 Å². The second kappa shape index (κ2) is 7.88. The Balaban J connectivity index is 1.69. The molecule has 1 aliphatic rings. The fraction of sp³-hybridized carbons (Fsp3) is 0.474. The van der Waals surface area contributed by atoms with Crippen LogP contribution in [-0.2, 0) is 16.0 Å². The summed E-state index contributed by atoms with van der Waals surface area (Å²) in [5.41, 5.74) is 1.41. The number of hydrogen-bond donors (Lipinski definition) is 2. The zero-order valence-corrected chi connectivity index (χ0v) is 15.1. The van der Waals surface area contributed by atoms with Crippen molar-refractivity contribution in [2.45, 2.75) is 20.3 Å². The highest BCUT2D eigenvalue weighted by atomic mass is 16.5. The molecule has 1 fully saturated rings. The second-order valence-electron chi connectivity index (χ2n) is 6.56. The van der Waals surface area contributed by atoms with E-state index in [0.717, 1.165) is 38.2 Å². The average Bonchev–Trinajstić information content (AvgIpc) is 2.63. The number of hydrogen-bond acceptors (Lipinski definition) is 6. The number of benzene rings is 1. The Labute approximate surface area is 151 Å². The van der Waals surface area contributed by atoms with Crippen LogP contribution in [0.5, 0.6) is 5.75 Å². The minimum atomic E-state index is -0.535. The first-order chi connectivity index (χ1) is 12.5. The molecule has 26 heavy (non-hydrogen) atoms. The average molecular weight is 360 g/mol. The van der Waals surface area contributed by atoms with E-state index in [1.807, 2.05) is 0 Å². The third-order valence-electron chi connectivity index (χ3n) is 4.87. The smallest absolute Gasteiger partial charge is 0.340 e. The number of amides is 1. The minimum Gasteiger partial charge on any atom is -0.508 e. The number of carbonyl (C=O) groups is 1. The summed E-state index contributed by atoms with van der Waals surface area (Å²) in [4.78, 5) is 26.8. The molecule has 0 unspecified atom stereocenters. The highest BCUT2D eigenvalue weighted by Crippen LogP contribution is 2.28. The predicted molar refractivity (Wildman–Crippen MR) is 97.6 cm³/mol. The van der Waals surface area contributed by atoms with Gasteiger partial charge in [-0.1, -0.05) is 0 Å². The van der Waals surface area contributed by atoms with E-state index >= 15 is 0 Å². The minimum absolute atomic E-state index is 0.0207. The van der Waals surface area contributed by atoms with Gasteiger partial charge in [-0.2, -0.15) is 0 Å². The molecule has 1 saturated heterocycles. The Kier molecular flexibility index (Phi) is 5.58. The lowest BCUT2D eigenvalue weighted by atomic mass is 10.0. The van der Waals surface area contributed by atoms with E-state index in [2.05, 4.69) is 10.2 Å². The highest BCUT2D eigenvalue weighted by Gasteiger charge is 2.17. The molecule has 1 aromatic heterocycles. The first-order valence-electron chi connectivity index (χ1n) is 8.79. The maximum atomic E-state index is 12.3. The van der Waals surface area contributed by atoms with Crippen molar-refractivity contribution in [3.63, 3.8) is 0 Å².